The standard InChI is InChI=1S/C44H46FN3O4/c1-3-52-44(51)38-29-40(33-20-11-8-12-21-33)48(31(38)2)36-25-17-22-34(28-36)43(50)47(30-32-18-9-7-10-19-32)41(37-26-15-16-27-39(37)45)42(49)46-35-23-13-5-4-6-14-24-35/h7-12,15-22,25-29,35,41H,3-6,13-14,23-24,30H2,1-2H3,(H,46,49). The van der Waals surface area contributed by atoms with E-state index in [2.05, 4.69) is 5.32 Å². The number of hydrogen-bond donors (Lipinski definition) is 1. The van der Waals surface area contributed by atoms with Gasteiger partial charge in [0, 0.05) is 35.1 Å². The number of nitrogens with one attached hydrogen (secondary N) is 1. The predicted octanol–water partition coefficient (Wildman–Crippen LogP) is 9.38. The minimum absolute atomic E-state index is 0.0548. The van der Waals surface area contributed by atoms with Gasteiger partial charge < -0.3 is 19.5 Å². The Kier molecular flexibility index (Phi) is 12.0. The number of benzene rings is 4. The van der Waals surface area contributed by atoms with Crippen LogP contribution in [0.4, 0.5) is 4.39 Å². The summed E-state index contributed by atoms with van der Waals surface area (Å²) in [6.07, 6.45) is 7.14. The van der Waals surface area contributed by atoms with Gasteiger partial charge in [-0.15, -0.1) is 0 Å². The van der Waals surface area contributed by atoms with Gasteiger partial charge in [0.1, 0.15) is 11.9 Å². The van der Waals surface area contributed by atoms with Crippen molar-refractivity contribution in [2.75, 3.05) is 6.61 Å². The van der Waals surface area contributed by atoms with Gasteiger partial charge in [-0.3, -0.25) is 9.59 Å². The Morgan fingerprint density at radius 3 is 2.17 bits per heavy atom. The Bertz CT molecular complexity index is 1980. The minimum atomic E-state index is -1.23. The van der Waals surface area contributed by atoms with Crippen LogP contribution >= 0.6 is 0 Å². The molecule has 0 aliphatic heterocycles. The SMILES string of the molecule is CCOC(=O)c1cc(-c2ccccc2)n(-c2cccc(C(=O)N(Cc3ccccc3)C(C(=O)NC3CCCCCCC3)c3ccccc3F)c2)c1C. The first-order chi connectivity index (χ1) is 25.4. The summed E-state index contributed by atoms with van der Waals surface area (Å²) in [6.45, 7) is 3.93. The van der Waals surface area contributed by atoms with Crippen molar-refractivity contribution < 1.29 is 23.5 Å². The zero-order valence-corrected chi connectivity index (χ0v) is 29.9. The Morgan fingerprint density at radius 2 is 1.48 bits per heavy atom. The highest BCUT2D eigenvalue weighted by Gasteiger charge is 2.35. The summed E-state index contributed by atoms with van der Waals surface area (Å²) < 4.78 is 23.1. The average molecular weight is 700 g/mol. The lowest BCUT2D eigenvalue weighted by atomic mass is 9.95. The molecular weight excluding hydrogens is 653 g/mol. The second-order valence-corrected chi connectivity index (χ2v) is 13.4. The quantitative estimate of drug-likeness (QED) is 0.139. The molecule has 1 saturated carbocycles. The van der Waals surface area contributed by atoms with Crippen LogP contribution in [-0.4, -0.2) is 39.9 Å². The molecule has 7 nitrogen and oxygen atoms in total. The Labute approximate surface area is 305 Å². The van der Waals surface area contributed by atoms with Crippen molar-refractivity contribution in [2.24, 2.45) is 0 Å². The van der Waals surface area contributed by atoms with Crippen molar-refractivity contribution in [1.82, 2.24) is 14.8 Å². The monoisotopic (exact) mass is 699 g/mol. The molecule has 268 valence electrons. The molecule has 4 aromatic carbocycles. The van der Waals surface area contributed by atoms with Gasteiger partial charge >= 0.3 is 5.97 Å². The Morgan fingerprint density at radius 1 is 0.827 bits per heavy atom. The van der Waals surface area contributed by atoms with E-state index < -0.39 is 29.6 Å². The highest BCUT2D eigenvalue weighted by molar-refractivity contribution is 5.99. The van der Waals surface area contributed by atoms with Crippen molar-refractivity contribution in [3.05, 3.63) is 149 Å². The van der Waals surface area contributed by atoms with E-state index in [-0.39, 0.29) is 24.8 Å². The molecule has 1 atom stereocenters. The van der Waals surface area contributed by atoms with E-state index in [0.29, 0.717) is 22.5 Å². The molecule has 1 heterocycles. The van der Waals surface area contributed by atoms with E-state index in [0.717, 1.165) is 55.3 Å². The van der Waals surface area contributed by atoms with Crippen molar-refractivity contribution in [2.45, 2.75) is 77.4 Å². The normalized spacial score (nSPS) is 14.1. The van der Waals surface area contributed by atoms with Gasteiger partial charge in [-0.2, -0.15) is 0 Å². The maximum atomic E-state index is 15.8. The summed E-state index contributed by atoms with van der Waals surface area (Å²) in [5.74, 6) is -1.81. The second-order valence-electron chi connectivity index (χ2n) is 13.4. The third-order valence-corrected chi connectivity index (χ3v) is 9.83. The average Bonchev–Trinajstić information content (AvgIpc) is 3.50. The first-order valence-electron chi connectivity index (χ1n) is 18.3. The first kappa shape index (κ1) is 36.3. The van der Waals surface area contributed by atoms with E-state index in [4.69, 9.17) is 4.74 Å². The number of ether oxygens (including phenoxy) is 1. The number of amides is 2. The molecule has 0 saturated heterocycles. The number of aromatic nitrogens is 1. The third-order valence-electron chi connectivity index (χ3n) is 9.83. The second kappa shape index (κ2) is 17.1. The van der Waals surface area contributed by atoms with E-state index in [1.54, 1.807) is 43.3 Å². The maximum absolute atomic E-state index is 15.8. The van der Waals surface area contributed by atoms with Crippen LogP contribution < -0.4 is 5.32 Å². The molecule has 1 aromatic heterocycles. The summed E-state index contributed by atoms with van der Waals surface area (Å²) in [5.41, 5.74) is 4.64. The Hall–Kier alpha value is -5.50. The molecule has 0 spiro atoms. The fraction of sp³-hybridized carbons (Fsp3) is 0.295. The molecule has 1 aliphatic rings. The largest absolute Gasteiger partial charge is 0.462 e. The lowest BCUT2D eigenvalue weighted by Gasteiger charge is -2.33. The van der Waals surface area contributed by atoms with Crippen molar-refractivity contribution in [1.29, 1.82) is 0 Å². The lowest BCUT2D eigenvalue weighted by Crippen LogP contribution is -2.47. The van der Waals surface area contributed by atoms with Crippen LogP contribution in [0.25, 0.3) is 16.9 Å². The van der Waals surface area contributed by atoms with Gasteiger partial charge in [0.15, 0.2) is 0 Å². The number of rotatable bonds is 11. The number of halogens is 1. The van der Waals surface area contributed by atoms with Gasteiger partial charge in [0.05, 0.1) is 17.9 Å². The fourth-order valence-corrected chi connectivity index (χ4v) is 7.21. The summed E-state index contributed by atoms with van der Waals surface area (Å²) in [6, 6.07) is 33.0. The van der Waals surface area contributed by atoms with E-state index >= 15 is 4.39 Å². The summed E-state index contributed by atoms with van der Waals surface area (Å²) in [4.78, 5) is 43.9. The van der Waals surface area contributed by atoms with Crippen LogP contribution in [0.3, 0.4) is 0 Å². The van der Waals surface area contributed by atoms with Crippen molar-refractivity contribution in [3.63, 3.8) is 0 Å². The summed E-state index contributed by atoms with van der Waals surface area (Å²) >= 11 is 0. The maximum Gasteiger partial charge on any atom is 0.339 e. The number of esters is 1. The highest BCUT2D eigenvalue weighted by Crippen LogP contribution is 2.33. The highest BCUT2D eigenvalue weighted by atomic mass is 19.1. The zero-order valence-electron chi connectivity index (χ0n) is 29.9. The van der Waals surface area contributed by atoms with Gasteiger partial charge in [0.25, 0.3) is 5.91 Å². The van der Waals surface area contributed by atoms with Crippen LogP contribution in [0.2, 0.25) is 0 Å². The first-order valence-corrected chi connectivity index (χ1v) is 18.3. The molecule has 8 heteroatoms. The third kappa shape index (κ3) is 8.34. The summed E-state index contributed by atoms with van der Waals surface area (Å²) in [5, 5.41) is 3.23. The molecule has 6 rings (SSSR count). The van der Waals surface area contributed by atoms with Crippen molar-refractivity contribution in [3.8, 4) is 16.9 Å². The van der Waals surface area contributed by atoms with E-state index in [9.17, 15) is 14.4 Å². The van der Waals surface area contributed by atoms with Crippen LogP contribution in [0.15, 0.2) is 115 Å². The molecule has 52 heavy (non-hydrogen) atoms. The van der Waals surface area contributed by atoms with Crippen LogP contribution in [0.1, 0.15) is 95.4 Å². The number of carbonyl (C=O) groups is 3. The van der Waals surface area contributed by atoms with Crippen LogP contribution in [0, 0.1) is 12.7 Å². The molecule has 2 amide bonds. The molecule has 1 unspecified atom stereocenters. The fourth-order valence-electron chi connectivity index (χ4n) is 7.21. The van der Waals surface area contributed by atoms with Gasteiger partial charge in [-0.25, -0.2) is 9.18 Å². The smallest absolute Gasteiger partial charge is 0.339 e. The molecule has 5 aromatic rings. The lowest BCUT2D eigenvalue weighted by molar-refractivity contribution is -0.127. The predicted molar refractivity (Wildman–Crippen MR) is 202 cm³/mol. The Balaban J connectivity index is 1.44. The molecular formula is C44H46FN3O4. The van der Waals surface area contributed by atoms with E-state index in [1.165, 1.54) is 17.4 Å². The van der Waals surface area contributed by atoms with Crippen LogP contribution in [-0.2, 0) is 16.1 Å². The molecule has 1 fully saturated rings. The number of hydrogen-bond acceptors (Lipinski definition) is 4. The van der Waals surface area contributed by atoms with Gasteiger partial charge in [-0.05, 0) is 68.1 Å². The van der Waals surface area contributed by atoms with Crippen molar-refractivity contribution >= 4 is 17.8 Å². The van der Waals surface area contributed by atoms with Crippen LogP contribution in [0.5, 0.6) is 0 Å². The minimum Gasteiger partial charge on any atom is -0.462 e. The molecule has 1 N–H and O–H groups in total. The zero-order chi connectivity index (χ0) is 36.5. The van der Waals surface area contributed by atoms with Gasteiger partial charge in [0.2, 0.25) is 5.91 Å². The molecule has 1 aliphatic carbocycles. The number of nitrogens with zero attached hydrogens (tertiary/aromatic N) is 2. The van der Waals surface area contributed by atoms with Gasteiger partial charge in [-0.1, -0.05) is 117 Å². The topological polar surface area (TPSA) is 80.6 Å². The number of carbonyl (C=O) groups excluding carboxylic acids is 3. The molecule has 0 bridgehead atoms. The summed E-state index contributed by atoms with van der Waals surface area (Å²) in [7, 11) is 0. The molecule has 0 radical (unpaired) electrons. The van der Waals surface area contributed by atoms with E-state index in [1.807, 2.05) is 84.3 Å².